The van der Waals surface area contributed by atoms with E-state index in [0.717, 1.165) is 16.3 Å². The van der Waals surface area contributed by atoms with Crippen LogP contribution >= 0.6 is 15.9 Å². The fraction of sp³-hybridized carbons (Fsp3) is 0.318. The van der Waals surface area contributed by atoms with Crippen LogP contribution in [0.25, 0.3) is 11.4 Å². The molecule has 34 heavy (non-hydrogen) atoms. The number of nitrogens with zero attached hydrogens (tertiary/aromatic N) is 3. The molecule has 0 saturated heterocycles. The lowest BCUT2D eigenvalue weighted by Gasteiger charge is -2.25. The molecular weight excluding hydrogens is 528 g/mol. The van der Waals surface area contributed by atoms with Gasteiger partial charge in [-0.2, -0.15) is 4.98 Å². The van der Waals surface area contributed by atoms with Crippen molar-refractivity contribution in [2.24, 2.45) is 0 Å². The largest absolute Gasteiger partial charge is 0.486 e. The van der Waals surface area contributed by atoms with Crippen molar-refractivity contribution < 1.29 is 27.2 Å². The molecule has 1 aliphatic heterocycles. The molecule has 0 fully saturated rings. The number of amides is 1. The number of fused-ring (bicyclic) bond motifs is 1. The zero-order chi connectivity index (χ0) is 24.1. The maximum atomic E-state index is 12.3. The highest BCUT2D eigenvalue weighted by atomic mass is 79.9. The molecule has 0 unspecified atom stereocenters. The maximum Gasteiger partial charge on any atom is 0.246 e. The highest BCUT2D eigenvalue weighted by molar-refractivity contribution is 9.10. The lowest BCUT2D eigenvalue weighted by molar-refractivity contribution is -0.121. The van der Waals surface area contributed by atoms with Gasteiger partial charge in [-0.3, -0.25) is 9.10 Å². The van der Waals surface area contributed by atoms with Crippen molar-refractivity contribution in [3.05, 3.63) is 52.8 Å². The Morgan fingerprint density at radius 3 is 2.71 bits per heavy atom. The second kappa shape index (κ2) is 10.4. The summed E-state index contributed by atoms with van der Waals surface area (Å²) in [6.07, 6.45) is 1.58. The molecule has 180 valence electrons. The second-order valence-corrected chi connectivity index (χ2v) is 10.4. The number of anilines is 1. The van der Waals surface area contributed by atoms with Crippen LogP contribution in [-0.2, 0) is 21.4 Å². The first kappa shape index (κ1) is 24.0. The first-order valence-electron chi connectivity index (χ1n) is 10.5. The molecule has 2 heterocycles. The number of benzene rings is 2. The summed E-state index contributed by atoms with van der Waals surface area (Å²) < 4.78 is 43.1. The van der Waals surface area contributed by atoms with E-state index in [0.29, 0.717) is 42.6 Å². The summed E-state index contributed by atoms with van der Waals surface area (Å²) >= 11 is 3.40. The van der Waals surface area contributed by atoms with E-state index < -0.39 is 10.0 Å². The molecule has 1 aromatic heterocycles. The lowest BCUT2D eigenvalue weighted by Crippen LogP contribution is -2.32. The van der Waals surface area contributed by atoms with Gasteiger partial charge in [-0.05, 0) is 30.7 Å². The molecular formula is C22H23BrN4O6S. The fourth-order valence-corrected chi connectivity index (χ4v) is 4.75. The van der Waals surface area contributed by atoms with Gasteiger partial charge in [0.05, 0.1) is 18.5 Å². The number of nitrogens with one attached hydrogen (secondary N) is 1. The molecule has 0 spiro atoms. The Kier molecular flexibility index (Phi) is 7.37. The van der Waals surface area contributed by atoms with Crippen molar-refractivity contribution in [3.8, 4) is 22.9 Å². The van der Waals surface area contributed by atoms with Crippen LogP contribution < -0.4 is 19.1 Å². The van der Waals surface area contributed by atoms with Gasteiger partial charge in [0.1, 0.15) is 13.2 Å². The summed E-state index contributed by atoms with van der Waals surface area (Å²) in [6, 6.07) is 12.4. The summed E-state index contributed by atoms with van der Waals surface area (Å²) in [5, 5.41) is 6.65. The van der Waals surface area contributed by atoms with Crippen LogP contribution in [-0.4, -0.2) is 50.5 Å². The van der Waals surface area contributed by atoms with Crippen LogP contribution in [0.3, 0.4) is 0 Å². The number of aromatic nitrogens is 2. The molecule has 0 bridgehead atoms. The number of halogens is 1. The number of sulfonamides is 1. The van der Waals surface area contributed by atoms with Gasteiger partial charge in [0.25, 0.3) is 0 Å². The van der Waals surface area contributed by atoms with Crippen LogP contribution in [0.2, 0.25) is 0 Å². The molecule has 1 amide bonds. The Labute approximate surface area is 205 Å². The van der Waals surface area contributed by atoms with Gasteiger partial charge in [0.15, 0.2) is 11.5 Å². The van der Waals surface area contributed by atoms with Crippen molar-refractivity contribution in [1.29, 1.82) is 0 Å². The van der Waals surface area contributed by atoms with Gasteiger partial charge >= 0.3 is 0 Å². The van der Waals surface area contributed by atoms with E-state index in [2.05, 4.69) is 31.4 Å². The monoisotopic (exact) mass is 550 g/mol. The highest BCUT2D eigenvalue weighted by Crippen LogP contribution is 2.34. The van der Waals surface area contributed by atoms with E-state index in [9.17, 15) is 13.2 Å². The molecule has 1 N–H and O–H groups in total. The van der Waals surface area contributed by atoms with Crippen molar-refractivity contribution >= 4 is 37.5 Å². The molecule has 0 aliphatic carbocycles. The summed E-state index contributed by atoms with van der Waals surface area (Å²) in [6.45, 7) is 1.07. The summed E-state index contributed by atoms with van der Waals surface area (Å²) in [4.78, 5) is 16.6. The molecule has 4 rings (SSSR count). The minimum atomic E-state index is -3.56. The summed E-state index contributed by atoms with van der Waals surface area (Å²) in [7, 11) is -3.56. The van der Waals surface area contributed by atoms with Crippen molar-refractivity contribution in [2.45, 2.75) is 19.4 Å². The predicted octanol–water partition coefficient (Wildman–Crippen LogP) is 3.13. The van der Waals surface area contributed by atoms with Crippen molar-refractivity contribution in [2.75, 3.05) is 30.3 Å². The lowest BCUT2D eigenvalue weighted by atomic mass is 10.2. The fourth-order valence-electron chi connectivity index (χ4n) is 3.39. The van der Waals surface area contributed by atoms with Gasteiger partial charge in [0, 0.05) is 29.1 Å². The Balaban J connectivity index is 1.30. The molecule has 12 heteroatoms. The average molecular weight is 551 g/mol. The van der Waals surface area contributed by atoms with E-state index in [4.69, 9.17) is 14.0 Å². The van der Waals surface area contributed by atoms with E-state index in [-0.39, 0.29) is 31.3 Å². The number of rotatable bonds is 9. The van der Waals surface area contributed by atoms with Crippen LogP contribution in [0.15, 0.2) is 51.5 Å². The van der Waals surface area contributed by atoms with Crippen LogP contribution in [0.5, 0.6) is 11.5 Å². The zero-order valence-electron chi connectivity index (χ0n) is 18.4. The Bertz CT molecular complexity index is 1280. The van der Waals surface area contributed by atoms with Gasteiger partial charge < -0.3 is 19.3 Å². The topological polar surface area (TPSA) is 124 Å². The molecule has 0 radical (unpaired) electrons. The second-order valence-electron chi connectivity index (χ2n) is 7.57. The average Bonchev–Trinajstić information content (AvgIpc) is 3.29. The first-order chi connectivity index (χ1) is 16.3. The Morgan fingerprint density at radius 2 is 1.94 bits per heavy atom. The quantitative estimate of drug-likeness (QED) is 0.430. The number of carbonyl (C=O) groups excluding carboxylic acids is 1. The Morgan fingerprint density at radius 1 is 1.15 bits per heavy atom. The van der Waals surface area contributed by atoms with Crippen LogP contribution in [0.1, 0.15) is 18.7 Å². The molecule has 1 aliphatic rings. The minimum absolute atomic E-state index is 0.0811. The minimum Gasteiger partial charge on any atom is -0.486 e. The standard InChI is InChI=1S/C22H23BrN4O6S/c1-34(29,30)27(17-7-8-18-19(13-17)32-11-10-31-18)9-3-6-20(28)24-14-21-25-22(26-33-21)15-4-2-5-16(23)12-15/h2,4-5,7-8,12-13H,3,6,9-11,14H2,1H3,(H,24,28). The van der Waals surface area contributed by atoms with Crippen molar-refractivity contribution in [3.63, 3.8) is 0 Å². The van der Waals surface area contributed by atoms with E-state index >= 15 is 0 Å². The van der Waals surface area contributed by atoms with E-state index in [1.165, 1.54) is 4.31 Å². The normalized spacial score (nSPS) is 12.9. The zero-order valence-corrected chi connectivity index (χ0v) is 20.8. The number of hydrogen-bond acceptors (Lipinski definition) is 8. The first-order valence-corrected chi connectivity index (χ1v) is 13.2. The molecule has 0 atom stereocenters. The van der Waals surface area contributed by atoms with Crippen LogP contribution in [0, 0.1) is 0 Å². The summed E-state index contributed by atoms with van der Waals surface area (Å²) in [5.74, 6) is 1.52. The SMILES string of the molecule is CS(=O)(=O)N(CCCC(=O)NCc1nc(-c2cccc(Br)c2)no1)c1ccc2c(c1)OCCO2. The smallest absolute Gasteiger partial charge is 0.246 e. The molecule has 10 nitrogen and oxygen atoms in total. The van der Waals surface area contributed by atoms with Gasteiger partial charge in [-0.25, -0.2) is 8.42 Å². The number of ether oxygens (including phenoxy) is 2. The molecule has 2 aromatic carbocycles. The highest BCUT2D eigenvalue weighted by Gasteiger charge is 2.21. The Hall–Kier alpha value is -3.12. The number of carbonyl (C=O) groups is 1. The van der Waals surface area contributed by atoms with Crippen LogP contribution in [0.4, 0.5) is 5.69 Å². The molecule has 3 aromatic rings. The number of hydrogen-bond donors (Lipinski definition) is 1. The van der Waals surface area contributed by atoms with Gasteiger partial charge in [0.2, 0.25) is 27.6 Å². The van der Waals surface area contributed by atoms with Crippen molar-refractivity contribution in [1.82, 2.24) is 15.5 Å². The van der Waals surface area contributed by atoms with E-state index in [1.54, 1.807) is 18.2 Å². The van der Waals surface area contributed by atoms with Gasteiger partial charge in [-0.1, -0.05) is 33.2 Å². The third kappa shape index (κ3) is 6.06. The van der Waals surface area contributed by atoms with E-state index in [1.807, 2.05) is 24.3 Å². The third-order valence-corrected chi connectivity index (χ3v) is 6.65. The molecule has 0 saturated carbocycles. The maximum absolute atomic E-state index is 12.3. The third-order valence-electron chi connectivity index (χ3n) is 4.97. The predicted molar refractivity (Wildman–Crippen MR) is 128 cm³/mol. The summed E-state index contributed by atoms with van der Waals surface area (Å²) in [5.41, 5.74) is 1.24. The van der Waals surface area contributed by atoms with Gasteiger partial charge in [-0.15, -0.1) is 0 Å².